The van der Waals surface area contributed by atoms with E-state index in [1.54, 1.807) is 0 Å². The lowest BCUT2D eigenvalue weighted by Gasteiger charge is -2.30. The van der Waals surface area contributed by atoms with Gasteiger partial charge in [-0.05, 0) is 61.9 Å². The van der Waals surface area contributed by atoms with Gasteiger partial charge in [-0.25, -0.2) is 14.2 Å². The number of hydrogen-bond donors (Lipinski definition) is 1. The highest BCUT2D eigenvalue weighted by Crippen LogP contribution is 2.42. The fourth-order valence-electron chi connectivity index (χ4n) is 4.84. The first-order valence-corrected chi connectivity index (χ1v) is 13.7. The van der Waals surface area contributed by atoms with Crippen molar-refractivity contribution >= 4 is 61.9 Å². The maximum Gasteiger partial charge on any atom is 0.335 e. The third kappa shape index (κ3) is 4.74. The van der Waals surface area contributed by atoms with E-state index in [4.69, 9.17) is 23.2 Å². The largest absolute Gasteiger partial charge is 0.478 e. The maximum absolute atomic E-state index is 14.4. The van der Waals surface area contributed by atoms with Gasteiger partial charge in [0.15, 0.2) is 10.9 Å². The Morgan fingerprint density at radius 2 is 1.86 bits per heavy atom. The number of carbonyl (C=O) groups is 1. The quantitative estimate of drug-likeness (QED) is 0.265. The van der Waals surface area contributed by atoms with Crippen LogP contribution in [0.4, 0.5) is 9.52 Å². The van der Waals surface area contributed by atoms with E-state index in [2.05, 4.69) is 31.8 Å². The van der Waals surface area contributed by atoms with Crippen molar-refractivity contribution in [3.05, 3.63) is 69.7 Å². The summed E-state index contributed by atoms with van der Waals surface area (Å²) >= 11 is 14.4. The van der Waals surface area contributed by atoms with Crippen LogP contribution in [0.25, 0.3) is 27.4 Å². The first-order chi connectivity index (χ1) is 17.9. The van der Waals surface area contributed by atoms with E-state index < -0.39 is 11.8 Å². The number of carboxylic acids is 1. The second-order valence-corrected chi connectivity index (χ2v) is 11.3. The van der Waals surface area contributed by atoms with Crippen molar-refractivity contribution in [3.63, 3.8) is 0 Å². The molecule has 6 nitrogen and oxygen atoms in total. The van der Waals surface area contributed by atoms with Gasteiger partial charge in [0.2, 0.25) is 0 Å². The number of thiazole rings is 1. The average molecular weight is 557 g/mol. The number of fused-ring (bicyclic) bond motifs is 1. The number of aromatic nitrogens is 3. The summed E-state index contributed by atoms with van der Waals surface area (Å²) in [6.07, 6.45) is 10.3. The first kappa shape index (κ1) is 24.4. The van der Waals surface area contributed by atoms with E-state index in [-0.39, 0.29) is 11.1 Å². The minimum absolute atomic E-state index is 0.0630. The van der Waals surface area contributed by atoms with E-state index in [0.717, 1.165) is 66.8 Å². The standard InChI is InChI=1S/C27H23Cl2FN4O2S/c28-19-2-1-3-20(29)24(19)18-14-31-34(17-5-6-17)22(18)7-4-15-8-10-33(11-9-15)27-32-25-21(30)12-16(26(35)36)13-23(25)37-27/h1-4,7,12-15,17H,5-6,8-11H2,(H,35,36)/b7-4+. The number of aromatic carboxylic acids is 1. The maximum atomic E-state index is 14.4. The van der Waals surface area contributed by atoms with E-state index in [0.29, 0.717) is 26.7 Å². The summed E-state index contributed by atoms with van der Waals surface area (Å²) in [6, 6.07) is 8.46. The molecular weight excluding hydrogens is 534 g/mol. The van der Waals surface area contributed by atoms with E-state index >= 15 is 0 Å². The van der Waals surface area contributed by atoms with Crippen LogP contribution in [0.2, 0.25) is 10.0 Å². The predicted octanol–water partition coefficient (Wildman–Crippen LogP) is 7.57. The van der Waals surface area contributed by atoms with Crippen LogP contribution in [0.15, 0.2) is 42.6 Å². The van der Waals surface area contributed by atoms with Crippen molar-refractivity contribution in [2.24, 2.45) is 5.92 Å². The third-order valence-corrected chi connectivity index (χ3v) is 8.67. The smallest absolute Gasteiger partial charge is 0.335 e. The van der Waals surface area contributed by atoms with Crippen molar-refractivity contribution < 1.29 is 14.3 Å². The zero-order chi connectivity index (χ0) is 25.7. The monoisotopic (exact) mass is 556 g/mol. The van der Waals surface area contributed by atoms with Crippen LogP contribution in [-0.2, 0) is 0 Å². The molecule has 190 valence electrons. The zero-order valence-electron chi connectivity index (χ0n) is 19.7. The molecule has 1 aliphatic heterocycles. The summed E-state index contributed by atoms with van der Waals surface area (Å²) in [7, 11) is 0. The number of hydrogen-bond acceptors (Lipinski definition) is 5. The lowest BCUT2D eigenvalue weighted by Crippen LogP contribution is -2.32. The van der Waals surface area contributed by atoms with Crippen molar-refractivity contribution in [2.75, 3.05) is 18.0 Å². The number of piperidine rings is 1. The Morgan fingerprint density at radius 3 is 2.54 bits per heavy atom. The zero-order valence-corrected chi connectivity index (χ0v) is 22.0. The number of rotatable bonds is 6. The van der Waals surface area contributed by atoms with Gasteiger partial charge in [-0.2, -0.15) is 5.10 Å². The molecule has 3 heterocycles. The molecule has 37 heavy (non-hydrogen) atoms. The number of carboxylic acid groups (broad SMARTS) is 1. The molecule has 0 amide bonds. The summed E-state index contributed by atoms with van der Waals surface area (Å²) in [5.41, 5.74) is 2.93. The van der Waals surface area contributed by atoms with Crippen LogP contribution in [0.1, 0.15) is 47.8 Å². The highest BCUT2D eigenvalue weighted by Gasteiger charge is 2.29. The van der Waals surface area contributed by atoms with Gasteiger partial charge in [-0.15, -0.1) is 0 Å². The Kier molecular flexibility index (Phi) is 6.42. The Bertz CT molecular complexity index is 1520. The van der Waals surface area contributed by atoms with Crippen molar-refractivity contribution in [2.45, 2.75) is 31.7 Å². The molecule has 10 heteroatoms. The van der Waals surface area contributed by atoms with Gasteiger partial charge in [0.1, 0.15) is 5.52 Å². The Labute approximate surface area is 226 Å². The van der Waals surface area contributed by atoms with Gasteiger partial charge in [0, 0.05) is 24.2 Å². The summed E-state index contributed by atoms with van der Waals surface area (Å²) in [6.45, 7) is 1.57. The van der Waals surface area contributed by atoms with Crippen LogP contribution in [0, 0.1) is 11.7 Å². The molecular formula is C27H23Cl2FN4O2S. The molecule has 2 fully saturated rings. The van der Waals surface area contributed by atoms with Crippen LogP contribution in [-0.4, -0.2) is 38.9 Å². The van der Waals surface area contributed by atoms with E-state index in [9.17, 15) is 14.3 Å². The van der Waals surface area contributed by atoms with Gasteiger partial charge in [0.05, 0.1) is 38.2 Å². The van der Waals surface area contributed by atoms with Crippen molar-refractivity contribution in [1.29, 1.82) is 0 Å². The lowest BCUT2D eigenvalue weighted by atomic mass is 9.95. The van der Waals surface area contributed by atoms with Crippen LogP contribution in [0.5, 0.6) is 0 Å². The minimum Gasteiger partial charge on any atom is -0.478 e. The summed E-state index contributed by atoms with van der Waals surface area (Å²) in [5.74, 6) is -1.37. The molecule has 1 saturated heterocycles. The molecule has 1 aliphatic carbocycles. The summed E-state index contributed by atoms with van der Waals surface area (Å²) < 4.78 is 17.0. The highest BCUT2D eigenvalue weighted by atomic mass is 35.5. The first-order valence-electron chi connectivity index (χ1n) is 12.2. The number of halogens is 3. The van der Waals surface area contributed by atoms with Crippen molar-refractivity contribution in [3.8, 4) is 11.1 Å². The summed E-state index contributed by atoms with van der Waals surface area (Å²) in [5, 5.41) is 15.8. The topological polar surface area (TPSA) is 71.2 Å². The van der Waals surface area contributed by atoms with Crippen molar-refractivity contribution in [1.82, 2.24) is 14.8 Å². The second kappa shape index (κ2) is 9.74. The molecule has 1 saturated carbocycles. The van der Waals surface area contributed by atoms with E-state index in [1.807, 2.05) is 24.4 Å². The number of anilines is 1. The molecule has 1 N–H and O–H groups in total. The van der Waals surface area contributed by atoms with Gasteiger partial charge in [-0.1, -0.05) is 46.7 Å². The Morgan fingerprint density at radius 1 is 1.14 bits per heavy atom. The highest BCUT2D eigenvalue weighted by molar-refractivity contribution is 7.22. The Balaban J connectivity index is 1.20. The number of benzene rings is 2. The van der Waals surface area contributed by atoms with Gasteiger partial charge >= 0.3 is 5.97 Å². The fourth-order valence-corrected chi connectivity index (χ4v) is 6.51. The van der Waals surface area contributed by atoms with Gasteiger partial charge in [0.25, 0.3) is 0 Å². The second-order valence-electron chi connectivity index (χ2n) is 9.51. The molecule has 6 rings (SSSR count). The number of nitrogens with zero attached hydrogens (tertiary/aromatic N) is 4. The molecule has 0 atom stereocenters. The van der Waals surface area contributed by atoms with Gasteiger partial charge in [-0.3, -0.25) is 4.68 Å². The average Bonchev–Trinajstić information content (AvgIpc) is 3.49. The third-order valence-electron chi connectivity index (χ3n) is 6.98. The van der Waals surface area contributed by atoms with Crippen LogP contribution >= 0.6 is 34.5 Å². The van der Waals surface area contributed by atoms with E-state index in [1.165, 1.54) is 17.4 Å². The number of allylic oxidation sites excluding steroid dienone is 1. The SMILES string of the molecule is O=C(O)c1cc(F)c2nc(N3CCC(/C=C/c4c(-c5c(Cl)cccc5Cl)cnn4C4CC4)CC3)sc2c1. The minimum atomic E-state index is -1.15. The molecule has 2 aromatic heterocycles. The molecule has 0 radical (unpaired) electrons. The molecule has 0 unspecified atom stereocenters. The molecule has 4 aromatic rings. The lowest BCUT2D eigenvalue weighted by molar-refractivity contribution is 0.0696. The molecule has 2 aliphatic rings. The normalized spacial score (nSPS) is 16.8. The van der Waals surface area contributed by atoms with Crippen LogP contribution in [0.3, 0.4) is 0 Å². The summed E-state index contributed by atoms with van der Waals surface area (Å²) in [4.78, 5) is 17.9. The van der Waals surface area contributed by atoms with Gasteiger partial charge < -0.3 is 10.0 Å². The Hall–Kier alpha value is -2.94. The molecule has 0 bridgehead atoms. The van der Waals surface area contributed by atoms with Crippen LogP contribution < -0.4 is 4.90 Å². The molecule has 2 aromatic carbocycles. The fraction of sp³-hybridized carbons (Fsp3) is 0.296. The molecule has 0 spiro atoms. The predicted molar refractivity (Wildman–Crippen MR) is 146 cm³/mol.